The van der Waals surface area contributed by atoms with Crippen LogP contribution in [0.15, 0.2) is 18.7 Å². The summed E-state index contributed by atoms with van der Waals surface area (Å²) in [5, 5.41) is 0. The fourth-order valence-electron chi connectivity index (χ4n) is 2.70. The fraction of sp³-hybridized carbons (Fsp3) is 0.800. The molecule has 11 heteroatoms. The molecule has 0 aliphatic carbocycles. The number of aryl methyl sites for hydroxylation is 1. The summed E-state index contributed by atoms with van der Waals surface area (Å²) in [5.41, 5.74) is 0. The highest BCUT2D eigenvalue weighted by molar-refractivity contribution is 7.80. The normalized spacial score (nSPS) is 11.7. The van der Waals surface area contributed by atoms with Gasteiger partial charge >= 0.3 is 11.9 Å². The smallest absolute Gasteiger partial charge is 0.430 e. The van der Waals surface area contributed by atoms with E-state index in [0.717, 1.165) is 12.8 Å². The summed E-state index contributed by atoms with van der Waals surface area (Å²) in [5.74, 6) is -2.09. The zero-order chi connectivity index (χ0) is 23.8. The van der Waals surface area contributed by atoms with Crippen LogP contribution >= 0.6 is 0 Å². The van der Waals surface area contributed by atoms with E-state index >= 15 is 0 Å². The molecule has 1 aromatic rings. The Hall–Kier alpha value is -1.53. The van der Waals surface area contributed by atoms with E-state index in [1.165, 1.54) is 19.3 Å². The lowest BCUT2D eigenvalue weighted by Crippen LogP contribution is -2.48. The number of esters is 1. The fourth-order valence-corrected chi connectivity index (χ4v) is 3.02. The van der Waals surface area contributed by atoms with Gasteiger partial charge in [-0.15, -0.1) is 0 Å². The van der Waals surface area contributed by atoms with Gasteiger partial charge in [0.15, 0.2) is 0 Å². The summed E-state index contributed by atoms with van der Waals surface area (Å²) in [6, 6.07) is 0. The Kier molecular flexibility index (Phi) is 15.4. The van der Waals surface area contributed by atoms with E-state index in [0.29, 0.717) is 19.6 Å². The molecule has 0 radical (unpaired) electrons. The first-order valence-corrected chi connectivity index (χ1v) is 12.1. The van der Waals surface area contributed by atoms with E-state index in [1.807, 2.05) is 7.05 Å². The van der Waals surface area contributed by atoms with Gasteiger partial charge in [0.1, 0.15) is 12.4 Å². The van der Waals surface area contributed by atoms with Gasteiger partial charge in [0, 0.05) is 0 Å². The molecule has 0 saturated heterocycles. The van der Waals surface area contributed by atoms with Crippen molar-refractivity contribution in [2.24, 2.45) is 7.05 Å². The number of carbonyl (C=O) groups is 1. The second-order valence-electron chi connectivity index (χ2n) is 6.65. The van der Waals surface area contributed by atoms with Crippen LogP contribution in [0.1, 0.15) is 66.2 Å². The van der Waals surface area contributed by atoms with Gasteiger partial charge in [0.05, 0.1) is 33.5 Å². The average molecular weight is 467 g/mol. The maximum absolute atomic E-state index is 12.2. The van der Waals surface area contributed by atoms with Crippen LogP contribution in [0.4, 0.5) is 0 Å². The van der Waals surface area contributed by atoms with Crippen molar-refractivity contribution in [1.82, 2.24) is 4.57 Å². The van der Waals surface area contributed by atoms with Crippen molar-refractivity contribution < 1.29 is 40.7 Å². The van der Waals surface area contributed by atoms with Crippen LogP contribution in [-0.4, -0.2) is 49.9 Å². The number of hydrogen-bond acceptors (Lipinski definition) is 8. The first-order chi connectivity index (χ1) is 14.7. The topological polar surface area (TPSA) is 120 Å². The van der Waals surface area contributed by atoms with Gasteiger partial charge < -0.3 is 18.8 Å². The zero-order valence-corrected chi connectivity index (χ0v) is 20.2. The summed E-state index contributed by atoms with van der Waals surface area (Å²) in [6.07, 6.45) is 11.4. The Balaban J connectivity index is 0.000000615. The predicted octanol–water partition coefficient (Wildman–Crippen LogP) is 2.38. The van der Waals surface area contributed by atoms with Crippen LogP contribution in [0.25, 0.3) is 0 Å². The molecular formula is C20H38N2O8S. The third kappa shape index (κ3) is 12.2. The number of nitrogens with zero attached hydrogens (tertiary/aromatic N) is 2. The van der Waals surface area contributed by atoms with Crippen molar-refractivity contribution in [2.45, 2.75) is 72.1 Å². The van der Waals surface area contributed by atoms with Gasteiger partial charge in [-0.2, -0.15) is 4.57 Å². The van der Waals surface area contributed by atoms with E-state index in [2.05, 4.69) is 11.1 Å². The van der Waals surface area contributed by atoms with Gasteiger partial charge in [-0.1, -0.05) is 39.0 Å². The molecule has 0 aromatic carbocycles. The molecule has 10 nitrogen and oxygen atoms in total. The van der Waals surface area contributed by atoms with Gasteiger partial charge in [-0.3, -0.25) is 4.18 Å². The third-order valence-electron chi connectivity index (χ3n) is 4.05. The Bertz CT molecular complexity index is 700. The largest absolute Gasteiger partial charge is 0.726 e. The monoisotopic (exact) mass is 466 g/mol. The molecule has 31 heavy (non-hydrogen) atoms. The van der Waals surface area contributed by atoms with Crippen molar-refractivity contribution in [2.75, 3.05) is 26.4 Å². The molecule has 182 valence electrons. The van der Waals surface area contributed by atoms with Crippen molar-refractivity contribution in [3.63, 3.8) is 0 Å². The number of hydrogen-bond donors (Lipinski definition) is 0. The minimum absolute atomic E-state index is 0.0258. The molecule has 1 rings (SSSR count). The summed E-state index contributed by atoms with van der Waals surface area (Å²) >= 11 is 0. The summed E-state index contributed by atoms with van der Waals surface area (Å²) in [4.78, 5) is 12.2. The molecule has 1 aromatic heterocycles. The number of imidazole rings is 1. The Morgan fingerprint density at radius 3 is 2.03 bits per heavy atom. The second kappa shape index (κ2) is 16.2. The molecule has 0 bridgehead atoms. The van der Waals surface area contributed by atoms with Crippen LogP contribution < -0.4 is 4.57 Å². The molecule has 0 atom stereocenters. The summed E-state index contributed by atoms with van der Waals surface area (Å²) < 4.78 is 53.5. The SMILES string of the molecule is CCCCCCCCOS(=O)(=O)[O-].CCOC(=O)C(OCC)(OCC)n1cc[n+](C)c1. The van der Waals surface area contributed by atoms with Crippen LogP contribution in [-0.2, 0) is 46.5 Å². The molecule has 0 aliphatic rings. The van der Waals surface area contributed by atoms with E-state index in [1.54, 1.807) is 48.6 Å². The van der Waals surface area contributed by atoms with Gasteiger partial charge in [0.2, 0.25) is 16.7 Å². The first-order valence-electron chi connectivity index (χ1n) is 10.8. The average Bonchev–Trinajstić information content (AvgIpc) is 3.13. The van der Waals surface area contributed by atoms with Crippen LogP contribution in [0, 0.1) is 0 Å². The number of rotatable bonds is 15. The maximum Gasteiger partial charge on any atom is 0.430 e. The Labute approximate surface area is 186 Å². The highest BCUT2D eigenvalue weighted by Gasteiger charge is 2.50. The highest BCUT2D eigenvalue weighted by Crippen LogP contribution is 2.22. The first kappa shape index (κ1) is 29.5. The van der Waals surface area contributed by atoms with Gasteiger partial charge in [-0.05, 0) is 27.2 Å². The lowest BCUT2D eigenvalue weighted by molar-refractivity contribution is -0.671. The predicted molar refractivity (Wildman–Crippen MR) is 112 cm³/mol. The minimum Gasteiger partial charge on any atom is -0.726 e. The zero-order valence-electron chi connectivity index (χ0n) is 19.4. The van der Waals surface area contributed by atoms with E-state index in [9.17, 15) is 17.8 Å². The molecule has 0 saturated carbocycles. The molecule has 0 amide bonds. The Morgan fingerprint density at radius 2 is 1.58 bits per heavy atom. The molecule has 0 spiro atoms. The molecule has 0 N–H and O–H groups in total. The lowest BCUT2D eigenvalue weighted by Gasteiger charge is -2.26. The molecule has 0 fully saturated rings. The summed E-state index contributed by atoms with van der Waals surface area (Å²) in [7, 11) is -2.62. The second-order valence-corrected chi connectivity index (χ2v) is 7.70. The molecule has 1 heterocycles. The number of carbonyl (C=O) groups excluding carboxylic acids is 1. The molecule has 0 unspecified atom stereocenters. The number of aromatic nitrogens is 2. The van der Waals surface area contributed by atoms with Crippen LogP contribution in [0.5, 0.6) is 0 Å². The van der Waals surface area contributed by atoms with E-state index in [-0.39, 0.29) is 13.2 Å². The lowest BCUT2D eigenvalue weighted by atomic mass is 10.1. The molecular weight excluding hydrogens is 428 g/mol. The van der Waals surface area contributed by atoms with Crippen molar-refractivity contribution in [3.8, 4) is 0 Å². The van der Waals surface area contributed by atoms with Crippen molar-refractivity contribution >= 4 is 16.4 Å². The Morgan fingerprint density at radius 1 is 1.00 bits per heavy atom. The van der Waals surface area contributed by atoms with Gasteiger partial charge in [-0.25, -0.2) is 17.8 Å². The van der Waals surface area contributed by atoms with Crippen molar-refractivity contribution in [1.29, 1.82) is 0 Å². The van der Waals surface area contributed by atoms with Crippen LogP contribution in [0.2, 0.25) is 0 Å². The van der Waals surface area contributed by atoms with Crippen LogP contribution in [0.3, 0.4) is 0 Å². The standard InChI is InChI=1S/C12H21N2O4.C8H18O4S/c1-5-16-11(15)12(17-6-2,18-7-3)14-9-8-13(4)10-14;1-2-3-4-5-6-7-8-12-13(9,10)11/h8-10H,5-7H2,1-4H3;2-8H2,1H3,(H,9,10,11)/q+1;/p-1. The summed E-state index contributed by atoms with van der Waals surface area (Å²) in [6.45, 7) is 8.45. The van der Waals surface area contributed by atoms with E-state index < -0.39 is 22.3 Å². The minimum atomic E-state index is -4.47. The van der Waals surface area contributed by atoms with E-state index in [4.69, 9.17) is 14.2 Å². The highest BCUT2D eigenvalue weighted by atomic mass is 32.3. The number of ether oxygens (including phenoxy) is 3. The quantitative estimate of drug-likeness (QED) is 0.0965. The van der Waals surface area contributed by atoms with Crippen molar-refractivity contribution in [3.05, 3.63) is 18.7 Å². The maximum atomic E-state index is 12.2. The van der Waals surface area contributed by atoms with Gasteiger partial charge in [0.25, 0.3) is 0 Å². The number of unbranched alkanes of at least 4 members (excludes halogenated alkanes) is 5. The molecule has 0 aliphatic heterocycles. The third-order valence-corrected chi connectivity index (χ3v) is 4.50.